The van der Waals surface area contributed by atoms with Crippen molar-refractivity contribution >= 4 is 5.91 Å². The molecule has 4 aliphatic rings. The van der Waals surface area contributed by atoms with Gasteiger partial charge in [-0.3, -0.25) is 4.79 Å². The van der Waals surface area contributed by atoms with Crippen molar-refractivity contribution in [3.63, 3.8) is 0 Å². The van der Waals surface area contributed by atoms with Crippen LogP contribution in [0.2, 0.25) is 0 Å². The number of hydrogen-bond acceptors (Lipinski definition) is 4. The third-order valence-electron chi connectivity index (χ3n) is 5.10. The average Bonchev–Trinajstić information content (AvgIpc) is 2.22. The summed E-state index contributed by atoms with van der Waals surface area (Å²) in [5, 5.41) is 12.9. The molecule has 1 N–H and O–H groups in total. The lowest BCUT2D eigenvalue weighted by molar-refractivity contribution is -0.761. The summed E-state index contributed by atoms with van der Waals surface area (Å²) >= 11 is 0. The molecule has 1 amide bonds. The molecule has 0 aromatic rings. The normalized spacial score (nSPS) is 43.0. The summed E-state index contributed by atoms with van der Waals surface area (Å²) in [6, 6.07) is 0. The maximum atomic E-state index is 11.4. The quantitative estimate of drug-likeness (QED) is 0.621. The third-order valence-corrected chi connectivity index (χ3v) is 5.10. The van der Waals surface area contributed by atoms with Gasteiger partial charge in [-0.2, -0.15) is 0 Å². The fourth-order valence-electron chi connectivity index (χ4n) is 5.33. The summed E-state index contributed by atoms with van der Waals surface area (Å²) in [5.41, 5.74) is -0.227. The third kappa shape index (κ3) is 2.28. The summed E-state index contributed by atoms with van der Waals surface area (Å²) in [5.74, 6) is 1.18. The molecular formula is C13H20N2O4. The fraction of sp³-hybridized carbons (Fsp3) is 0.923. The largest absolute Gasteiger partial charge is 0.351 e. The second-order valence-corrected chi connectivity index (χ2v) is 6.92. The van der Waals surface area contributed by atoms with E-state index in [0.29, 0.717) is 11.8 Å². The van der Waals surface area contributed by atoms with Crippen molar-refractivity contribution < 1.29 is 14.7 Å². The van der Waals surface area contributed by atoms with Crippen LogP contribution in [0.1, 0.15) is 45.4 Å². The highest BCUT2D eigenvalue weighted by Crippen LogP contribution is 2.61. The van der Waals surface area contributed by atoms with Crippen LogP contribution in [0.5, 0.6) is 0 Å². The van der Waals surface area contributed by atoms with Gasteiger partial charge in [0.15, 0.2) is 0 Å². The van der Waals surface area contributed by atoms with Gasteiger partial charge in [-0.1, -0.05) is 0 Å². The van der Waals surface area contributed by atoms with Crippen LogP contribution in [-0.2, 0) is 9.63 Å². The van der Waals surface area contributed by atoms with Gasteiger partial charge in [-0.05, 0) is 55.8 Å². The first-order valence-corrected chi connectivity index (χ1v) is 6.96. The summed E-state index contributed by atoms with van der Waals surface area (Å²) in [6.45, 7) is 1.74. The molecule has 0 aliphatic heterocycles. The molecule has 106 valence electrons. The van der Waals surface area contributed by atoms with E-state index in [0.717, 1.165) is 32.1 Å². The Kier molecular flexibility index (Phi) is 2.73. The van der Waals surface area contributed by atoms with Crippen LogP contribution in [-0.4, -0.2) is 23.1 Å². The van der Waals surface area contributed by atoms with E-state index in [4.69, 9.17) is 0 Å². The van der Waals surface area contributed by atoms with Gasteiger partial charge in [-0.15, -0.1) is 10.1 Å². The van der Waals surface area contributed by atoms with Crippen LogP contribution in [0.4, 0.5) is 0 Å². The van der Waals surface area contributed by atoms with E-state index < -0.39 is 5.09 Å². The minimum Gasteiger partial charge on any atom is -0.351 e. The van der Waals surface area contributed by atoms with Gasteiger partial charge < -0.3 is 10.2 Å². The van der Waals surface area contributed by atoms with E-state index in [9.17, 15) is 14.9 Å². The van der Waals surface area contributed by atoms with E-state index in [1.807, 2.05) is 0 Å². The maximum Gasteiger partial charge on any atom is 0.294 e. The molecule has 6 nitrogen and oxygen atoms in total. The van der Waals surface area contributed by atoms with E-state index in [2.05, 4.69) is 10.2 Å². The van der Waals surface area contributed by atoms with Gasteiger partial charge in [-0.25, -0.2) is 0 Å². The van der Waals surface area contributed by atoms with Crippen LogP contribution in [0.25, 0.3) is 0 Å². The lowest BCUT2D eigenvalue weighted by Crippen LogP contribution is -2.63. The second-order valence-electron chi connectivity index (χ2n) is 6.92. The number of hydrogen-bond donors (Lipinski definition) is 1. The van der Waals surface area contributed by atoms with Gasteiger partial charge in [0.05, 0.1) is 0 Å². The van der Waals surface area contributed by atoms with Gasteiger partial charge in [0.1, 0.15) is 6.61 Å². The Morgan fingerprint density at radius 3 is 2.53 bits per heavy atom. The Morgan fingerprint density at radius 2 is 2.00 bits per heavy atom. The summed E-state index contributed by atoms with van der Waals surface area (Å²) in [7, 11) is 0. The van der Waals surface area contributed by atoms with Crippen molar-refractivity contribution in [1.82, 2.24) is 5.32 Å². The minimum absolute atomic E-state index is 0.00675. The zero-order chi connectivity index (χ0) is 13.7. The summed E-state index contributed by atoms with van der Waals surface area (Å²) < 4.78 is 0. The van der Waals surface area contributed by atoms with Gasteiger partial charge >= 0.3 is 0 Å². The predicted molar refractivity (Wildman–Crippen MR) is 66.6 cm³/mol. The molecule has 4 aliphatic carbocycles. The minimum atomic E-state index is -0.691. The van der Waals surface area contributed by atoms with Gasteiger partial charge in [0, 0.05) is 12.5 Å². The maximum absolute atomic E-state index is 11.4. The number of nitrogens with zero attached hydrogens (tertiary/aromatic N) is 1. The molecule has 6 heteroatoms. The van der Waals surface area contributed by atoms with Crippen molar-refractivity contribution in [2.75, 3.05) is 6.61 Å². The first-order valence-electron chi connectivity index (χ1n) is 6.96. The molecule has 0 saturated heterocycles. The van der Waals surface area contributed by atoms with Crippen LogP contribution in [0.3, 0.4) is 0 Å². The fourth-order valence-corrected chi connectivity index (χ4v) is 5.33. The molecule has 2 atom stereocenters. The molecule has 0 aromatic heterocycles. The molecule has 19 heavy (non-hydrogen) atoms. The molecule has 4 rings (SSSR count). The van der Waals surface area contributed by atoms with E-state index >= 15 is 0 Å². The Bertz CT molecular complexity index is 409. The summed E-state index contributed by atoms with van der Waals surface area (Å²) in [4.78, 5) is 26.6. The molecular weight excluding hydrogens is 248 g/mol. The number of carbonyl (C=O) groups excluding carboxylic acids is 1. The van der Waals surface area contributed by atoms with E-state index in [1.54, 1.807) is 6.92 Å². The topological polar surface area (TPSA) is 81.5 Å². The zero-order valence-electron chi connectivity index (χ0n) is 11.2. The molecule has 0 heterocycles. The Hall–Kier alpha value is -1.33. The molecule has 4 saturated carbocycles. The Labute approximate surface area is 112 Å². The number of amides is 1. The average molecular weight is 268 g/mol. The number of carbonyl (C=O) groups is 1. The van der Waals surface area contributed by atoms with Gasteiger partial charge in [0.2, 0.25) is 5.91 Å². The van der Waals surface area contributed by atoms with Crippen molar-refractivity contribution in [3.8, 4) is 0 Å². The van der Waals surface area contributed by atoms with Crippen LogP contribution < -0.4 is 5.32 Å². The highest BCUT2D eigenvalue weighted by Gasteiger charge is 2.58. The van der Waals surface area contributed by atoms with Crippen molar-refractivity contribution in [3.05, 3.63) is 10.1 Å². The molecule has 0 radical (unpaired) electrons. The van der Waals surface area contributed by atoms with Crippen molar-refractivity contribution in [2.45, 2.75) is 51.0 Å². The van der Waals surface area contributed by atoms with Crippen LogP contribution in [0.15, 0.2) is 0 Å². The monoisotopic (exact) mass is 268 g/mol. The summed E-state index contributed by atoms with van der Waals surface area (Å²) in [6.07, 6.45) is 6.13. The molecule has 4 fully saturated rings. The molecule has 0 spiro atoms. The molecule has 0 unspecified atom stereocenters. The Balaban J connectivity index is 1.80. The smallest absolute Gasteiger partial charge is 0.294 e. The number of rotatable bonds is 4. The predicted octanol–water partition coefficient (Wildman–Crippen LogP) is 1.67. The van der Waals surface area contributed by atoms with Crippen LogP contribution >= 0.6 is 0 Å². The lowest BCUT2D eigenvalue weighted by atomic mass is 9.47. The highest BCUT2D eigenvalue weighted by molar-refractivity contribution is 5.74. The zero-order valence-corrected chi connectivity index (χ0v) is 11.2. The van der Waals surface area contributed by atoms with Crippen LogP contribution in [0, 0.1) is 27.4 Å². The molecule has 4 bridgehead atoms. The van der Waals surface area contributed by atoms with E-state index in [-0.39, 0.29) is 23.5 Å². The highest BCUT2D eigenvalue weighted by atomic mass is 16.9. The van der Waals surface area contributed by atoms with Gasteiger partial charge in [0.25, 0.3) is 5.09 Å². The SMILES string of the molecule is CC(=O)NC12C[C@@H]3C[C@H](CC(CO[N+](=O)[O-])(C3)C1)C2. The first-order chi connectivity index (χ1) is 8.90. The lowest BCUT2D eigenvalue weighted by Gasteiger charge is -2.61. The second kappa shape index (κ2) is 4.08. The molecule has 0 aromatic carbocycles. The standard InChI is InChI=1S/C13H20N2O4/c1-9(16)14-13-5-10-2-11(6-13)4-12(3-10,7-13)8-19-15(17)18/h10-11H,2-8H2,1H3,(H,14,16)/t10-,11-,12?,13?/m1/s1. The Morgan fingerprint density at radius 1 is 1.37 bits per heavy atom. The van der Waals surface area contributed by atoms with Crippen molar-refractivity contribution in [1.29, 1.82) is 0 Å². The van der Waals surface area contributed by atoms with E-state index in [1.165, 1.54) is 6.42 Å². The first kappa shape index (κ1) is 12.7. The number of nitrogens with one attached hydrogen (secondary N) is 1. The van der Waals surface area contributed by atoms with Crippen molar-refractivity contribution in [2.24, 2.45) is 17.3 Å².